The molecule has 10 heteroatoms. The Morgan fingerprint density at radius 2 is 1.93 bits per heavy atom. The molecule has 2 N–H and O–H groups in total. The SMILES string of the molecule is CC(C)(C)OC(=O)N[C@H]1CN(C(=O)CF)CC[C@H]2CC[C@@H](C(=O)O)N2C1=O. The summed E-state index contributed by atoms with van der Waals surface area (Å²) >= 11 is 0. The molecule has 0 unspecified atom stereocenters. The number of alkyl carbamates (subject to hydrolysis) is 1. The number of nitrogens with zero attached hydrogens (tertiary/aromatic N) is 2. The number of carboxylic acid groups (broad SMARTS) is 1. The summed E-state index contributed by atoms with van der Waals surface area (Å²) in [6.07, 6.45) is 0.263. The molecule has 0 radical (unpaired) electrons. The molecule has 2 rings (SSSR count). The van der Waals surface area contributed by atoms with E-state index in [9.17, 15) is 28.7 Å². The van der Waals surface area contributed by atoms with Gasteiger partial charge in [0.25, 0.3) is 5.91 Å². The summed E-state index contributed by atoms with van der Waals surface area (Å²) in [5.41, 5.74) is -0.803. The maximum Gasteiger partial charge on any atom is 0.408 e. The van der Waals surface area contributed by atoms with Crippen LogP contribution in [0.1, 0.15) is 40.0 Å². The van der Waals surface area contributed by atoms with Gasteiger partial charge in [-0.2, -0.15) is 0 Å². The minimum atomic E-state index is -1.21. The summed E-state index contributed by atoms with van der Waals surface area (Å²) in [6, 6.07) is -2.57. The number of carbonyl (C=O) groups is 4. The van der Waals surface area contributed by atoms with Crippen molar-refractivity contribution in [3.8, 4) is 0 Å². The van der Waals surface area contributed by atoms with Crippen molar-refractivity contribution in [2.45, 2.75) is 63.8 Å². The average Bonchev–Trinajstić information content (AvgIpc) is 2.96. The van der Waals surface area contributed by atoms with Gasteiger partial charge in [0.1, 0.15) is 17.7 Å². The van der Waals surface area contributed by atoms with Crippen molar-refractivity contribution in [2.75, 3.05) is 19.8 Å². The Labute approximate surface area is 156 Å². The minimum Gasteiger partial charge on any atom is -0.480 e. The Balaban J connectivity index is 2.26. The first-order chi connectivity index (χ1) is 12.5. The number of halogens is 1. The zero-order valence-electron chi connectivity index (χ0n) is 15.7. The summed E-state index contributed by atoms with van der Waals surface area (Å²) in [7, 11) is 0. The topological polar surface area (TPSA) is 116 Å². The van der Waals surface area contributed by atoms with E-state index in [0.29, 0.717) is 19.3 Å². The van der Waals surface area contributed by atoms with Crippen LogP contribution in [-0.4, -0.2) is 82.3 Å². The van der Waals surface area contributed by atoms with Crippen LogP contribution in [0, 0.1) is 0 Å². The Bertz CT molecular complexity index is 620. The third-order valence-corrected chi connectivity index (χ3v) is 4.63. The van der Waals surface area contributed by atoms with Crippen molar-refractivity contribution in [1.82, 2.24) is 15.1 Å². The second-order valence-corrected chi connectivity index (χ2v) is 7.79. The molecule has 2 saturated heterocycles. The number of carboxylic acids is 1. The van der Waals surface area contributed by atoms with E-state index >= 15 is 0 Å². The molecule has 0 saturated carbocycles. The fraction of sp³-hybridized carbons (Fsp3) is 0.765. The Hall–Kier alpha value is -2.39. The van der Waals surface area contributed by atoms with Gasteiger partial charge in [0.05, 0.1) is 6.54 Å². The van der Waals surface area contributed by atoms with E-state index in [2.05, 4.69) is 5.32 Å². The third-order valence-electron chi connectivity index (χ3n) is 4.63. The smallest absolute Gasteiger partial charge is 0.408 e. The standard InChI is InChI=1S/C17H26FN3O6/c1-17(2,3)27-16(26)19-11-9-20(13(22)8-18)7-6-10-4-5-12(15(24)25)21(10)14(11)23/h10-12H,4-9H2,1-3H3,(H,19,26)(H,24,25)/t10-,11+,12+/m1/s1. The van der Waals surface area contributed by atoms with E-state index in [0.717, 1.165) is 0 Å². The molecule has 0 aromatic rings. The molecule has 2 fully saturated rings. The maximum atomic E-state index is 13.0. The number of hydrogen-bond acceptors (Lipinski definition) is 5. The summed E-state index contributed by atoms with van der Waals surface area (Å²) in [4.78, 5) is 51.0. The van der Waals surface area contributed by atoms with Crippen LogP contribution in [0.3, 0.4) is 0 Å². The predicted molar refractivity (Wildman–Crippen MR) is 91.6 cm³/mol. The molecule has 3 atom stereocenters. The highest BCUT2D eigenvalue weighted by Crippen LogP contribution is 2.29. The number of nitrogens with one attached hydrogen (secondary N) is 1. The van der Waals surface area contributed by atoms with E-state index < -0.39 is 48.2 Å². The number of aliphatic carboxylic acids is 1. The Morgan fingerprint density at radius 3 is 2.48 bits per heavy atom. The van der Waals surface area contributed by atoms with Gasteiger partial charge >= 0.3 is 12.1 Å². The second kappa shape index (κ2) is 8.10. The van der Waals surface area contributed by atoms with Gasteiger partial charge in [0.15, 0.2) is 6.67 Å². The fourth-order valence-corrected chi connectivity index (χ4v) is 3.49. The van der Waals surface area contributed by atoms with Crippen LogP contribution in [-0.2, 0) is 19.1 Å². The minimum absolute atomic E-state index is 0.177. The van der Waals surface area contributed by atoms with E-state index in [1.54, 1.807) is 20.8 Å². The van der Waals surface area contributed by atoms with Gasteiger partial charge in [0, 0.05) is 12.6 Å². The first-order valence-electron chi connectivity index (χ1n) is 8.91. The summed E-state index contributed by atoms with van der Waals surface area (Å²) in [5.74, 6) is -2.49. The van der Waals surface area contributed by atoms with Crippen LogP contribution in [0.2, 0.25) is 0 Å². The number of fused-ring (bicyclic) bond motifs is 1. The van der Waals surface area contributed by atoms with E-state index in [1.165, 1.54) is 9.80 Å². The lowest BCUT2D eigenvalue weighted by molar-refractivity contribution is -0.152. The molecule has 2 aliphatic rings. The molecule has 0 spiro atoms. The van der Waals surface area contributed by atoms with Crippen molar-refractivity contribution in [1.29, 1.82) is 0 Å². The van der Waals surface area contributed by atoms with Crippen molar-refractivity contribution >= 4 is 23.9 Å². The summed E-state index contributed by atoms with van der Waals surface area (Å²) in [6.45, 7) is 3.69. The number of amides is 3. The molecule has 152 valence electrons. The Kier molecular flexibility index (Phi) is 6.27. The second-order valence-electron chi connectivity index (χ2n) is 7.79. The van der Waals surface area contributed by atoms with Gasteiger partial charge in [-0.25, -0.2) is 14.0 Å². The first-order valence-corrected chi connectivity index (χ1v) is 8.91. The highest BCUT2D eigenvalue weighted by atomic mass is 19.1. The van der Waals surface area contributed by atoms with Crippen molar-refractivity contribution in [3.05, 3.63) is 0 Å². The molecule has 0 aromatic carbocycles. The molecule has 0 aliphatic carbocycles. The quantitative estimate of drug-likeness (QED) is 0.730. The van der Waals surface area contributed by atoms with Gasteiger partial charge < -0.3 is 25.0 Å². The van der Waals surface area contributed by atoms with Crippen LogP contribution in [0.4, 0.5) is 9.18 Å². The largest absolute Gasteiger partial charge is 0.480 e. The molecule has 9 nitrogen and oxygen atoms in total. The molecule has 0 bridgehead atoms. The van der Waals surface area contributed by atoms with Crippen LogP contribution in [0.5, 0.6) is 0 Å². The monoisotopic (exact) mass is 387 g/mol. The molecule has 2 aliphatic heterocycles. The molecular weight excluding hydrogens is 361 g/mol. The number of ether oxygens (including phenoxy) is 1. The predicted octanol–water partition coefficient (Wildman–Crippen LogP) is 0.526. The lowest BCUT2D eigenvalue weighted by atomic mass is 10.1. The average molecular weight is 387 g/mol. The van der Waals surface area contributed by atoms with E-state index in [-0.39, 0.29) is 19.1 Å². The highest BCUT2D eigenvalue weighted by Gasteiger charge is 2.45. The third kappa shape index (κ3) is 5.08. The number of rotatable bonds is 3. The molecule has 0 aromatic heterocycles. The van der Waals surface area contributed by atoms with Crippen LogP contribution >= 0.6 is 0 Å². The van der Waals surface area contributed by atoms with Crippen molar-refractivity contribution < 1.29 is 33.4 Å². The Morgan fingerprint density at radius 1 is 1.26 bits per heavy atom. The van der Waals surface area contributed by atoms with E-state index in [4.69, 9.17) is 4.74 Å². The zero-order valence-corrected chi connectivity index (χ0v) is 15.7. The highest BCUT2D eigenvalue weighted by molar-refractivity contribution is 5.91. The summed E-state index contributed by atoms with van der Waals surface area (Å²) < 4.78 is 18.0. The lowest BCUT2D eigenvalue weighted by Crippen LogP contribution is -2.60. The van der Waals surface area contributed by atoms with E-state index in [1.807, 2.05) is 0 Å². The molecular formula is C17H26FN3O6. The number of carbonyl (C=O) groups excluding carboxylic acids is 3. The molecule has 2 heterocycles. The number of hydrogen-bond donors (Lipinski definition) is 2. The maximum absolute atomic E-state index is 13.0. The van der Waals surface area contributed by atoms with Gasteiger partial charge in [-0.05, 0) is 40.0 Å². The summed E-state index contributed by atoms with van der Waals surface area (Å²) in [5, 5.41) is 11.8. The van der Waals surface area contributed by atoms with Crippen molar-refractivity contribution in [2.24, 2.45) is 0 Å². The van der Waals surface area contributed by atoms with Gasteiger partial charge in [-0.3, -0.25) is 9.59 Å². The van der Waals surface area contributed by atoms with Crippen LogP contribution in [0.25, 0.3) is 0 Å². The van der Waals surface area contributed by atoms with Gasteiger partial charge in [-0.15, -0.1) is 0 Å². The van der Waals surface area contributed by atoms with Crippen LogP contribution in [0.15, 0.2) is 0 Å². The fourth-order valence-electron chi connectivity index (χ4n) is 3.49. The van der Waals surface area contributed by atoms with Crippen LogP contribution < -0.4 is 5.32 Å². The molecule has 27 heavy (non-hydrogen) atoms. The lowest BCUT2D eigenvalue weighted by Gasteiger charge is -2.38. The normalized spacial score (nSPS) is 26.1. The molecule has 3 amide bonds. The zero-order chi connectivity index (χ0) is 20.4. The van der Waals surface area contributed by atoms with Crippen molar-refractivity contribution in [3.63, 3.8) is 0 Å². The number of alkyl halides is 1. The van der Waals surface area contributed by atoms with Gasteiger partial charge in [0.2, 0.25) is 5.91 Å². The first kappa shape index (κ1) is 20.9. The van der Waals surface area contributed by atoms with Gasteiger partial charge in [-0.1, -0.05) is 0 Å².